The fourth-order valence-corrected chi connectivity index (χ4v) is 5.11. The molecule has 1 aliphatic heterocycles. The Labute approximate surface area is 222 Å². The summed E-state index contributed by atoms with van der Waals surface area (Å²) in [6, 6.07) is 8.86. The number of carboxylic acid groups (broad SMARTS) is 1. The van der Waals surface area contributed by atoms with E-state index in [1.807, 2.05) is 6.92 Å². The van der Waals surface area contributed by atoms with Crippen LogP contribution in [0.4, 0.5) is 4.79 Å². The summed E-state index contributed by atoms with van der Waals surface area (Å²) < 4.78 is 12.2. The van der Waals surface area contributed by atoms with Gasteiger partial charge in [0.25, 0.3) is 11.8 Å². The van der Waals surface area contributed by atoms with Gasteiger partial charge in [0.2, 0.25) is 0 Å². The summed E-state index contributed by atoms with van der Waals surface area (Å²) in [6.45, 7) is 2.24. The number of carbonyl (C=O) groups is 4. The Morgan fingerprint density at radius 2 is 1.89 bits per heavy atom. The van der Waals surface area contributed by atoms with Crippen molar-refractivity contribution in [2.45, 2.75) is 51.7 Å². The number of benzene rings is 2. The van der Waals surface area contributed by atoms with Gasteiger partial charge in [0, 0.05) is 6.04 Å². The van der Waals surface area contributed by atoms with Crippen molar-refractivity contribution in [2.24, 2.45) is 0 Å². The van der Waals surface area contributed by atoms with Crippen molar-refractivity contribution >= 4 is 45.8 Å². The van der Waals surface area contributed by atoms with E-state index in [1.54, 1.807) is 24.3 Å². The van der Waals surface area contributed by atoms with E-state index < -0.39 is 23.8 Å². The number of hydrogen-bond acceptors (Lipinski definition) is 6. The number of imide groups is 2. The Balaban J connectivity index is 1.61. The molecule has 1 heterocycles. The SMILES string of the molecule is CCOc1cc(C=C2C(=O)NC(=O)N(C3CCCCC3)C2=O)cc(Br)c1OCc1cccc(C(=O)O)c1. The lowest BCUT2D eigenvalue weighted by molar-refractivity contribution is -0.132. The number of carbonyl (C=O) groups excluding carboxylic acids is 3. The lowest BCUT2D eigenvalue weighted by Crippen LogP contribution is -2.58. The van der Waals surface area contributed by atoms with Gasteiger partial charge in [-0.15, -0.1) is 0 Å². The number of rotatable bonds is 8. The normalized spacial score (nSPS) is 17.6. The van der Waals surface area contributed by atoms with Crippen LogP contribution in [-0.2, 0) is 16.2 Å². The Kier molecular flexibility index (Phi) is 8.27. The van der Waals surface area contributed by atoms with Crippen molar-refractivity contribution in [1.82, 2.24) is 10.2 Å². The molecule has 194 valence electrons. The smallest absolute Gasteiger partial charge is 0.335 e. The van der Waals surface area contributed by atoms with Crippen molar-refractivity contribution in [3.63, 3.8) is 0 Å². The fourth-order valence-electron chi connectivity index (χ4n) is 4.53. The summed E-state index contributed by atoms with van der Waals surface area (Å²) in [5.74, 6) is -1.60. The molecular formula is C27H27BrN2O7. The lowest BCUT2D eigenvalue weighted by atomic mass is 9.93. The van der Waals surface area contributed by atoms with E-state index in [1.165, 1.54) is 23.1 Å². The second-order valence-electron chi connectivity index (χ2n) is 8.84. The lowest BCUT2D eigenvalue weighted by Gasteiger charge is -2.35. The Morgan fingerprint density at radius 3 is 2.59 bits per heavy atom. The van der Waals surface area contributed by atoms with Gasteiger partial charge in [-0.05, 0) is 77.2 Å². The molecule has 2 aromatic rings. The molecule has 4 amide bonds. The minimum Gasteiger partial charge on any atom is -0.490 e. The monoisotopic (exact) mass is 570 g/mol. The van der Waals surface area contributed by atoms with E-state index in [0.717, 1.165) is 32.1 Å². The third-order valence-corrected chi connectivity index (χ3v) is 6.86. The van der Waals surface area contributed by atoms with Crippen molar-refractivity contribution in [2.75, 3.05) is 6.61 Å². The van der Waals surface area contributed by atoms with E-state index in [0.29, 0.717) is 33.7 Å². The molecule has 1 aliphatic carbocycles. The fraction of sp³-hybridized carbons (Fsp3) is 0.333. The third-order valence-electron chi connectivity index (χ3n) is 6.27. The van der Waals surface area contributed by atoms with Crippen LogP contribution in [0.5, 0.6) is 11.5 Å². The Bertz CT molecular complexity index is 1270. The predicted octanol–water partition coefficient (Wildman–Crippen LogP) is 4.92. The van der Waals surface area contributed by atoms with Gasteiger partial charge in [0.1, 0.15) is 12.2 Å². The number of carboxylic acids is 1. The molecule has 10 heteroatoms. The van der Waals surface area contributed by atoms with Crippen LogP contribution in [0.15, 0.2) is 46.4 Å². The predicted molar refractivity (Wildman–Crippen MR) is 138 cm³/mol. The second kappa shape index (κ2) is 11.6. The van der Waals surface area contributed by atoms with Crippen LogP contribution in [0, 0.1) is 0 Å². The maximum Gasteiger partial charge on any atom is 0.335 e. The van der Waals surface area contributed by atoms with Crippen LogP contribution in [0.2, 0.25) is 0 Å². The number of amides is 4. The maximum absolute atomic E-state index is 13.2. The van der Waals surface area contributed by atoms with Crippen LogP contribution in [0.25, 0.3) is 6.08 Å². The van der Waals surface area contributed by atoms with Crippen molar-refractivity contribution in [3.8, 4) is 11.5 Å². The van der Waals surface area contributed by atoms with Gasteiger partial charge >= 0.3 is 12.0 Å². The molecule has 2 N–H and O–H groups in total. The van der Waals surface area contributed by atoms with Crippen LogP contribution >= 0.6 is 15.9 Å². The molecule has 0 radical (unpaired) electrons. The molecule has 1 saturated heterocycles. The first-order chi connectivity index (χ1) is 17.8. The summed E-state index contributed by atoms with van der Waals surface area (Å²) in [5.41, 5.74) is 1.20. The van der Waals surface area contributed by atoms with E-state index in [4.69, 9.17) is 9.47 Å². The van der Waals surface area contributed by atoms with Gasteiger partial charge in [-0.1, -0.05) is 31.4 Å². The van der Waals surface area contributed by atoms with Gasteiger partial charge in [0.15, 0.2) is 11.5 Å². The number of halogens is 1. The largest absolute Gasteiger partial charge is 0.490 e. The van der Waals surface area contributed by atoms with Crippen molar-refractivity contribution in [1.29, 1.82) is 0 Å². The van der Waals surface area contributed by atoms with Crippen molar-refractivity contribution in [3.05, 3.63) is 63.1 Å². The van der Waals surface area contributed by atoms with E-state index in [2.05, 4.69) is 21.2 Å². The highest BCUT2D eigenvalue weighted by Gasteiger charge is 2.40. The van der Waals surface area contributed by atoms with Gasteiger partial charge in [0.05, 0.1) is 16.6 Å². The number of nitrogens with zero attached hydrogens (tertiary/aromatic N) is 1. The Morgan fingerprint density at radius 1 is 1.14 bits per heavy atom. The number of ether oxygens (including phenoxy) is 2. The van der Waals surface area contributed by atoms with Crippen LogP contribution in [-0.4, -0.2) is 46.5 Å². The topological polar surface area (TPSA) is 122 Å². The highest BCUT2D eigenvalue weighted by molar-refractivity contribution is 9.10. The first kappa shape index (κ1) is 26.4. The summed E-state index contributed by atoms with van der Waals surface area (Å²) in [7, 11) is 0. The number of urea groups is 1. The van der Waals surface area contributed by atoms with Gasteiger partial charge in [-0.2, -0.15) is 0 Å². The third kappa shape index (κ3) is 6.02. The molecule has 2 fully saturated rings. The standard InChI is InChI=1S/C27H27BrN2O7/c1-2-36-22-14-17(13-21(28)23(22)37-15-16-7-6-8-18(11-16)26(33)34)12-20-24(31)29-27(35)30(25(20)32)19-9-4-3-5-10-19/h6-8,11-14,19H,2-5,9-10,15H2,1H3,(H,33,34)(H,29,31,35). The summed E-state index contributed by atoms with van der Waals surface area (Å²) in [6.07, 6.45) is 5.82. The molecule has 9 nitrogen and oxygen atoms in total. The molecule has 1 saturated carbocycles. The molecule has 0 spiro atoms. The minimum absolute atomic E-state index is 0.0968. The second-order valence-corrected chi connectivity index (χ2v) is 9.70. The van der Waals surface area contributed by atoms with Gasteiger partial charge in [-0.3, -0.25) is 19.8 Å². The zero-order valence-corrected chi connectivity index (χ0v) is 21.9. The summed E-state index contributed by atoms with van der Waals surface area (Å²) in [4.78, 5) is 50.7. The highest BCUT2D eigenvalue weighted by Crippen LogP contribution is 2.38. The molecule has 37 heavy (non-hydrogen) atoms. The Hall–Kier alpha value is -3.66. The maximum atomic E-state index is 13.2. The van der Waals surface area contributed by atoms with Crippen LogP contribution < -0.4 is 14.8 Å². The molecule has 0 bridgehead atoms. The molecule has 0 unspecified atom stereocenters. The zero-order valence-electron chi connectivity index (χ0n) is 20.3. The van der Waals surface area contributed by atoms with Crippen LogP contribution in [0.1, 0.15) is 60.5 Å². The number of barbiturate groups is 1. The van der Waals surface area contributed by atoms with Gasteiger partial charge < -0.3 is 14.6 Å². The quantitative estimate of drug-likeness (QED) is 0.341. The molecule has 2 aliphatic rings. The number of aromatic carboxylic acids is 1. The first-order valence-corrected chi connectivity index (χ1v) is 12.9. The molecular weight excluding hydrogens is 544 g/mol. The molecule has 2 aromatic carbocycles. The molecule has 0 atom stereocenters. The minimum atomic E-state index is -1.03. The average molecular weight is 571 g/mol. The van der Waals surface area contributed by atoms with Crippen molar-refractivity contribution < 1.29 is 33.8 Å². The number of nitrogens with one attached hydrogen (secondary N) is 1. The molecule has 4 rings (SSSR count). The summed E-state index contributed by atoms with van der Waals surface area (Å²) in [5, 5.41) is 11.5. The average Bonchev–Trinajstić information content (AvgIpc) is 2.87. The van der Waals surface area contributed by atoms with E-state index in [9.17, 15) is 24.3 Å². The van der Waals surface area contributed by atoms with Gasteiger partial charge in [-0.25, -0.2) is 9.59 Å². The highest BCUT2D eigenvalue weighted by atomic mass is 79.9. The van der Waals surface area contributed by atoms with E-state index >= 15 is 0 Å². The summed E-state index contributed by atoms with van der Waals surface area (Å²) >= 11 is 3.48. The first-order valence-electron chi connectivity index (χ1n) is 12.1. The van der Waals surface area contributed by atoms with Crippen LogP contribution in [0.3, 0.4) is 0 Å². The van der Waals surface area contributed by atoms with E-state index in [-0.39, 0.29) is 23.8 Å². The number of hydrogen-bond donors (Lipinski definition) is 2. The molecule has 0 aromatic heterocycles. The zero-order chi connectivity index (χ0) is 26.5.